The largest absolute Gasteiger partial charge is 0.444 e. The van der Waals surface area contributed by atoms with Gasteiger partial charge in [-0.25, -0.2) is 4.79 Å². The van der Waals surface area contributed by atoms with E-state index in [4.69, 9.17) is 10.5 Å². The van der Waals surface area contributed by atoms with Crippen molar-refractivity contribution in [1.82, 2.24) is 15.5 Å². The molecule has 0 spiro atoms. The molecule has 0 aliphatic carbocycles. The van der Waals surface area contributed by atoms with E-state index in [1.807, 2.05) is 32.0 Å². The molecule has 0 saturated heterocycles. The van der Waals surface area contributed by atoms with Gasteiger partial charge in [0.2, 0.25) is 17.7 Å². The van der Waals surface area contributed by atoms with Crippen molar-refractivity contribution in [1.29, 1.82) is 0 Å². The summed E-state index contributed by atoms with van der Waals surface area (Å²) in [6.07, 6.45) is 6.31. The van der Waals surface area contributed by atoms with Crippen molar-refractivity contribution >= 4 is 23.8 Å². The second kappa shape index (κ2) is 17.6. The molecule has 0 radical (unpaired) electrons. The maximum absolute atomic E-state index is 14.2. The number of benzene rings is 1. The molecule has 4 N–H and O–H groups in total. The molecule has 2 unspecified atom stereocenters. The lowest BCUT2D eigenvalue weighted by Gasteiger charge is -2.35. The average Bonchev–Trinajstić information content (AvgIpc) is 2.85. The molecule has 2 atom stereocenters. The molecule has 0 saturated carbocycles. The Balaban J connectivity index is 3.52. The van der Waals surface area contributed by atoms with Gasteiger partial charge >= 0.3 is 6.09 Å². The summed E-state index contributed by atoms with van der Waals surface area (Å²) < 4.78 is 5.36. The molecule has 226 valence electrons. The van der Waals surface area contributed by atoms with Crippen molar-refractivity contribution in [3.05, 3.63) is 34.9 Å². The first-order valence-corrected chi connectivity index (χ1v) is 14.7. The Morgan fingerprint density at radius 2 is 1.57 bits per heavy atom. The van der Waals surface area contributed by atoms with E-state index in [9.17, 15) is 19.2 Å². The molecule has 0 aliphatic rings. The molecule has 1 aromatic rings. The van der Waals surface area contributed by atoms with E-state index in [0.717, 1.165) is 56.1 Å². The molecule has 1 aromatic carbocycles. The number of aryl methyl sites for hydroxylation is 1. The number of hydrogen-bond acceptors (Lipinski definition) is 5. The van der Waals surface area contributed by atoms with Crippen LogP contribution in [0.1, 0.15) is 115 Å². The van der Waals surface area contributed by atoms with Crippen LogP contribution in [-0.2, 0) is 19.1 Å². The summed E-state index contributed by atoms with van der Waals surface area (Å²) in [4.78, 5) is 54.1. The third-order valence-electron chi connectivity index (χ3n) is 6.76. The minimum atomic E-state index is -1.27. The van der Waals surface area contributed by atoms with Gasteiger partial charge in [0.05, 0.1) is 6.42 Å². The van der Waals surface area contributed by atoms with Gasteiger partial charge in [-0.15, -0.1) is 0 Å². The molecule has 9 heteroatoms. The molecule has 1 rings (SSSR count). The third-order valence-corrected chi connectivity index (χ3v) is 6.76. The standard InChI is InChI=1S/C31H52N4O5/c1-8-10-12-13-15-20-35(29(38)25(21-26(32)36)34-30(39)40-31(5,6)7)27(28(37)33-19-14-11-9-2)24-18-16-17-22(3)23(24)4/h16-18,25,27H,8-15,19-21H2,1-7H3,(H2,32,36)(H,33,37)(H,34,39). The van der Waals surface area contributed by atoms with E-state index in [1.54, 1.807) is 20.8 Å². The van der Waals surface area contributed by atoms with E-state index in [-0.39, 0.29) is 12.5 Å². The number of carbonyl (C=O) groups is 4. The first kappa shape index (κ1) is 34.9. The molecule has 0 aromatic heterocycles. The molecule has 40 heavy (non-hydrogen) atoms. The summed E-state index contributed by atoms with van der Waals surface area (Å²) >= 11 is 0. The smallest absolute Gasteiger partial charge is 0.408 e. The topological polar surface area (TPSA) is 131 Å². The van der Waals surface area contributed by atoms with E-state index in [0.29, 0.717) is 18.5 Å². The molecule has 0 fully saturated rings. The van der Waals surface area contributed by atoms with Crippen molar-refractivity contribution < 1.29 is 23.9 Å². The number of amides is 4. The van der Waals surface area contributed by atoms with Crippen LogP contribution >= 0.6 is 0 Å². The van der Waals surface area contributed by atoms with Crippen molar-refractivity contribution in [2.45, 2.75) is 124 Å². The predicted molar refractivity (Wildman–Crippen MR) is 159 cm³/mol. The summed E-state index contributed by atoms with van der Waals surface area (Å²) in [5, 5.41) is 5.57. The van der Waals surface area contributed by atoms with Crippen molar-refractivity contribution in [2.75, 3.05) is 13.1 Å². The van der Waals surface area contributed by atoms with Gasteiger partial charge in [0.25, 0.3) is 0 Å². The van der Waals surface area contributed by atoms with Gasteiger partial charge in [0.1, 0.15) is 17.7 Å². The van der Waals surface area contributed by atoms with Crippen molar-refractivity contribution in [3.8, 4) is 0 Å². The van der Waals surface area contributed by atoms with Gasteiger partial charge in [0.15, 0.2) is 0 Å². The number of carbonyl (C=O) groups excluding carboxylic acids is 4. The quantitative estimate of drug-likeness (QED) is 0.225. The summed E-state index contributed by atoms with van der Waals surface area (Å²) in [7, 11) is 0. The van der Waals surface area contributed by atoms with E-state index < -0.39 is 42.0 Å². The minimum absolute atomic E-state index is 0.286. The lowest BCUT2D eigenvalue weighted by atomic mass is 9.94. The minimum Gasteiger partial charge on any atom is -0.444 e. The summed E-state index contributed by atoms with van der Waals surface area (Å²) in [5.41, 5.74) is 7.31. The zero-order valence-electron chi connectivity index (χ0n) is 25.7. The maximum Gasteiger partial charge on any atom is 0.408 e. The number of nitrogens with one attached hydrogen (secondary N) is 2. The van der Waals surface area contributed by atoms with Crippen LogP contribution in [0.4, 0.5) is 4.79 Å². The normalized spacial score (nSPS) is 12.8. The lowest BCUT2D eigenvalue weighted by Crippen LogP contribution is -2.54. The van der Waals surface area contributed by atoms with Gasteiger partial charge in [-0.2, -0.15) is 0 Å². The number of alkyl carbamates (subject to hydrolysis) is 1. The summed E-state index contributed by atoms with van der Waals surface area (Å²) in [5.74, 6) is -1.58. The number of hydrogen-bond donors (Lipinski definition) is 3. The lowest BCUT2D eigenvalue weighted by molar-refractivity contribution is -0.143. The SMILES string of the molecule is CCCCCCCN(C(=O)C(CC(N)=O)NC(=O)OC(C)(C)C)C(C(=O)NCCCCC)c1cccc(C)c1C. The van der Waals surface area contributed by atoms with E-state index in [1.165, 1.54) is 4.90 Å². The highest BCUT2D eigenvalue weighted by molar-refractivity contribution is 5.94. The van der Waals surface area contributed by atoms with Crippen LogP contribution in [0.25, 0.3) is 0 Å². The molecule has 0 aliphatic heterocycles. The Bertz CT molecular complexity index is 973. The highest BCUT2D eigenvalue weighted by atomic mass is 16.6. The van der Waals surface area contributed by atoms with Crippen LogP contribution < -0.4 is 16.4 Å². The van der Waals surface area contributed by atoms with Crippen LogP contribution in [0, 0.1) is 13.8 Å². The van der Waals surface area contributed by atoms with Crippen LogP contribution in [0.15, 0.2) is 18.2 Å². The van der Waals surface area contributed by atoms with E-state index in [2.05, 4.69) is 24.5 Å². The Hall–Kier alpha value is -3.10. The Labute approximate surface area is 241 Å². The van der Waals surface area contributed by atoms with Gasteiger partial charge in [0, 0.05) is 13.1 Å². The molecular formula is C31H52N4O5. The Morgan fingerprint density at radius 3 is 2.17 bits per heavy atom. The number of nitrogens with zero attached hydrogens (tertiary/aromatic N) is 1. The third kappa shape index (κ3) is 12.4. The van der Waals surface area contributed by atoms with Crippen LogP contribution in [0.2, 0.25) is 0 Å². The molecule has 0 bridgehead atoms. The van der Waals surface area contributed by atoms with Gasteiger partial charge in [-0.05, 0) is 64.2 Å². The molecular weight excluding hydrogens is 508 g/mol. The van der Waals surface area contributed by atoms with Gasteiger partial charge in [-0.1, -0.05) is 70.6 Å². The zero-order valence-corrected chi connectivity index (χ0v) is 25.7. The fourth-order valence-electron chi connectivity index (χ4n) is 4.51. The molecule has 4 amide bonds. The predicted octanol–water partition coefficient (Wildman–Crippen LogP) is 5.22. The maximum atomic E-state index is 14.2. The molecule has 0 heterocycles. The number of ether oxygens (including phenoxy) is 1. The zero-order chi connectivity index (χ0) is 30.3. The molecule has 9 nitrogen and oxygen atoms in total. The second-order valence-corrected chi connectivity index (χ2v) is 11.5. The number of rotatable bonds is 17. The first-order valence-electron chi connectivity index (χ1n) is 14.7. The Kier molecular flexibility index (Phi) is 15.3. The van der Waals surface area contributed by atoms with Crippen LogP contribution in [0.3, 0.4) is 0 Å². The van der Waals surface area contributed by atoms with E-state index >= 15 is 0 Å². The van der Waals surface area contributed by atoms with Gasteiger partial charge in [-0.3, -0.25) is 14.4 Å². The number of nitrogens with two attached hydrogens (primary N) is 1. The fourth-order valence-corrected chi connectivity index (χ4v) is 4.51. The van der Waals surface area contributed by atoms with Crippen LogP contribution in [-0.4, -0.2) is 53.4 Å². The van der Waals surface area contributed by atoms with Gasteiger partial charge < -0.3 is 26.0 Å². The Morgan fingerprint density at radius 1 is 0.950 bits per heavy atom. The van der Waals surface area contributed by atoms with Crippen LogP contribution in [0.5, 0.6) is 0 Å². The summed E-state index contributed by atoms with van der Waals surface area (Å²) in [6.45, 7) is 14.0. The summed E-state index contributed by atoms with van der Waals surface area (Å²) in [6, 6.07) is 3.49. The fraction of sp³-hybridized carbons (Fsp3) is 0.677. The number of unbranched alkanes of at least 4 members (excludes halogenated alkanes) is 6. The first-order chi connectivity index (χ1) is 18.8. The highest BCUT2D eigenvalue weighted by Gasteiger charge is 2.37. The second-order valence-electron chi connectivity index (χ2n) is 11.5. The van der Waals surface area contributed by atoms with Crippen molar-refractivity contribution in [3.63, 3.8) is 0 Å². The average molecular weight is 561 g/mol. The van der Waals surface area contributed by atoms with Crippen molar-refractivity contribution in [2.24, 2.45) is 5.73 Å². The number of primary amides is 1. The highest BCUT2D eigenvalue weighted by Crippen LogP contribution is 2.28. The monoisotopic (exact) mass is 560 g/mol.